The van der Waals surface area contributed by atoms with Crippen molar-refractivity contribution in [2.75, 3.05) is 0 Å². The molecule has 0 N–H and O–H groups in total. The molecule has 90 valence electrons. The predicted molar refractivity (Wildman–Crippen MR) is 62.3 cm³/mol. The van der Waals surface area contributed by atoms with E-state index in [0.717, 1.165) is 19.3 Å². The van der Waals surface area contributed by atoms with Crippen molar-refractivity contribution in [3.8, 4) is 0 Å². The third-order valence-electron chi connectivity index (χ3n) is 5.07. The number of hydrogen-bond acceptors (Lipinski definition) is 2. The van der Waals surface area contributed by atoms with Crippen LogP contribution in [-0.4, -0.2) is 17.5 Å². The van der Waals surface area contributed by atoms with E-state index >= 15 is 0 Å². The Bertz CT molecular complexity index is 298. The maximum absolute atomic E-state index is 11.6. The quantitative estimate of drug-likeness (QED) is 0.732. The number of carbonyl (C=O) groups is 1. The number of ether oxygens (including phenoxy) is 1. The van der Waals surface area contributed by atoms with Crippen molar-refractivity contribution < 1.29 is 9.53 Å². The zero-order valence-corrected chi connectivity index (χ0v) is 10.3. The van der Waals surface area contributed by atoms with E-state index < -0.39 is 0 Å². The second-order valence-corrected chi connectivity index (χ2v) is 6.21. The van der Waals surface area contributed by atoms with E-state index in [1.165, 1.54) is 38.5 Å². The third-order valence-corrected chi connectivity index (χ3v) is 5.07. The topological polar surface area (TPSA) is 26.3 Å². The number of rotatable bonds is 3. The van der Waals surface area contributed by atoms with Crippen LogP contribution in [0.2, 0.25) is 0 Å². The van der Waals surface area contributed by atoms with Gasteiger partial charge in [0.15, 0.2) is 0 Å². The van der Waals surface area contributed by atoms with Gasteiger partial charge in [-0.15, -0.1) is 0 Å². The molecule has 3 aliphatic rings. The maximum atomic E-state index is 11.6. The smallest absolute Gasteiger partial charge is 0.136 e. The predicted octanol–water partition coefficient (Wildman–Crippen LogP) is 3.24. The molecule has 0 aromatic heterocycles. The molecule has 0 aromatic carbocycles. The molecule has 1 unspecified atom stereocenters. The van der Waals surface area contributed by atoms with Crippen molar-refractivity contribution in [1.82, 2.24) is 0 Å². The summed E-state index contributed by atoms with van der Waals surface area (Å²) in [4.78, 5) is 11.6. The minimum absolute atomic E-state index is 0.0365. The molecule has 16 heavy (non-hydrogen) atoms. The van der Waals surface area contributed by atoms with E-state index in [9.17, 15) is 4.79 Å². The Morgan fingerprint density at radius 1 is 1.19 bits per heavy atom. The van der Waals surface area contributed by atoms with Crippen LogP contribution < -0.4 is 0 Å². The molecule has 1 heterocycles. The second kappa shape index (κ2) is 3.56. The first-order valence-corrected chi connectivity index (χ1v) is 6.83. The van der Waals surface area contributed by atoms with Crippen LogP contribution in [0.5, 0.6) is 0 Å². The summed E-state index contributed by atoms with van der Waals surface area (Å²) in [5, 5.41) is 0. The van der Waals surface area contributed by atoms with Crippen molar-refractivity contribution >= 4 is 5.78 Å². The standard InChI is InChI=1S/C14H22O2/c1-11(15)13(8-9-13)10-12-4-7-14(16-12)5-2-3-6-14/h12H,2-10H2,1H3. The van der Waals surface area contributed by atoms with Gasteiger partial charge in [-0.05, 0) is 51.9 Å². The number of Topliss-reactive ketones (excluding diaryl/α,β-unsaturated/α-hetero) is 1. The summed E-state index contributed by atoms with van der Waals surface area (Å²) >= 11 is 0. The Kier molecular flexibility index (Phi) is 2.39. The summed E-state index contributed by atoms with van der Waals surface area (Å²) in [6, 6.07) is 0. The van der Waals surface area contributed by atoms with Gasteiger partial charge < -0.3 is 4.74 Å². The summed E-state index contributed by atoms with van der Waals surface area (Å²) in [5.74, 6) is 0.392. The van der Waals surface area contributed by atoms with Gasteiger partial charge in [0.05, 0.1) is 11.7 Å². The highest BCUT2D eigenvalue weighted by atomic mass is 16.5. The highest BCUT2D eigenvalue weighted by Crippen LogP contribution is 2.54. The van der Waals surface area contributed by atoms with Crippen LogP contribution in [0.15, 0.2) is 0 Å². The first-order valence-electron chi connectivity index (χ1n) is 6.83. The molecule has 0 radical (unpaired) electrons. The van der Waals surface area contributed by atoms with Gasteiger partial charge in [0.1, 0.15) is 5.78 Å². The second-order valence-electron chi connectivity index (χ2n) is 6.21. The minimum atomic E-state index is 0.0365. The van der Waals surface area contributed by atoms with E-state index in [2.05, 4.69) is 0 Å². The van der Waals surface area contributed by atoms with Gasteiger partial charge in [-0.25, -0.2) is 0 Å². The molecule has 2 aliphatic carbocycles. The molecular weight excluding hydrogens is 200 g/mol. The molecule has 1 saturated heterocycles. The fraction of sp³-hybridized carbons (Fsp3) is 0.929. The maximum Gasteiger partial charge on any atom is 0.136 e. The lowest BCUT2D eigenvalue weighted by atomic mass is 9.92. The summed E-state index contributed by atoms with van der Waals surface area (Å²) in [6.07, 6.45) is 11.2. The highest BCUT2D eigenvalue weighted by molar-refractivity contribution is 5.85. The Hall–Kier alpha value is -0.370. The monoisotopic (exact) mass is 222 g/mol. The van der Waals surface area contributed by atoms with Crippen LogP contribution in [0, 0.1) is 5.41 Å². The molecule has 0 amide bonds. The molecule has 1 atom stereocenters. The molecule has 3 rings (SSSR count). The zero-order valence-electron chi connectivity index (χ0n) is 10.3. The van der Waals surface area contributed by atoms with Crippen LogP contribution in [-0.2, 0) is 9.53 Å². The summed E-state index contributed by atoms with van der Waals surface area (Å²) < 4.78 is 6.28. The third kappa shape index (κ3) is 1.71. The number of hydrogen-bond donors (Lipinski definition) is 0. The molecule has 0 bridgehead atoms. The van der Waals surface area contributed by atoms with E-state index in [1.807, 2.05) is 0 Å². The molecule has 2 heteroatoms. The van der Waals surface area contributed by atoms with E-state index in [0.29, 0.717) is 11.9 Å². The minimum Gasteiger partial charge on any atom is -0.372 e. The van der Waals surface area contributed by atoms with Gasteiger partial charge in [0, 0.05) is 5.41 Å². The van der Waals surface area contributed by atoms with Gasteiger partial charge in [-0.2, -0.15) is 0 Å². The van der Waals surface area contributed by atoms with Gasteiger partial charge in [-0.3, -0.25) is 4.79 Å². The SMILES string of the molecule is CC(=O)C1(CC2CCC3(CCCC3)O2)CC1. The van der Waals surface area contributed by atoms with Gasteiger partial charge in [0.25, 0.3) is 0 Å². The lowest BCUT2D eigenvalue weighted by Gasteiger charge is -2.25. The van der Waals surface area contributed by atoms with Crippen LogP contribution in [0.25, 0.3) is 0 Å². The fourth-order valence-corrected chi connectivity index (χ4v) is 3.71. The van der Waals surface area contributed by atoms with Gasteiger partial charge in [-0.1, -0.05) is 12.8 Å². The van der Waals surface area contributed by atoms with Crippen molar-refractivity contribution in [3.05, 3.63) is 0 Å². The Morgan fingerprint density at radius 3 is 2.44 bits per heavy atom. The van der Waals surface area contributed by atoms with Crippen LogP contribution in [0.1, 0.15) is 64.7 Å². The Balaban J connectivity index is 1.60. The molecule has 0 aromatic rings. The first kappa shape index (κ1) is 10.8. The molecule has 1 aliphatic heterocycles. The summed E-state index contributed by atoms with van der Waals surface area (Å²) in [6.45, 7) is 1.76. The van der Waals surface area contributed by atoms with Gasteiger partial charge in [0.2, 0.25) is 0 Å². The largest absolute Gasteiger partial charge is 0.372 e. The van der Waals surface area contributed by atoms with Crippen molar-refractivity contribution in [2.24, 2.45) is 5.41 Å². The molecule has 2 saturated carbocycles. The summed E-state index contributed by atoms with van der Waals surface area (Å²) in [7, 11) is 0. The zero-order chi connectivity index (χ0) is 11.2. The van der Waals surface area contributed by atoms with Gasteiger partial charge >= 0.3 is 0 Å². The van der Waals surface area contributed by atoms with Crippen molar-refractivity contribution in [2.45, 2.75) is 76.4 Å². The average Bonchev–Trinajstić information content (AvgIpc) is 2.72. The summed E-state index contributed by atoms with van der Waals surface area (Å²) in [5.41, 5.74) is 0.270. The normalized spacial score (nSPS) is 34.4. The first-order chi connectivity index (χ1) is 7.64. The number of ketones is 1. The molecule has 2 nitrogen and oxygen atoms in total. The van der Waals surface area contributed by atoms with E-state index in [-0.39, 0.29) is 11.0 Å². The molecule has 3 fully saturated rings. The highest BCUT2D eigenvalue weighted by Gasteiger charge is 2.51. The average molecular weight is 222 g/mol. The van der Waals surface area contributed by atoms with E-state index in [1.54, 1.807) is 6.92 Å². The van der Waals surface area contributed by atoms with Crippen molar-refractivity contribution in [1.29, 1.82) is 0 Å². The number of carbonyl (C=O) groups excluding carboxylic acids is 1. The lowest BCUT2D eigenvalue weighted by molar-refractivity contribution is -0.124. The van der Waals surface area contributed by atoms with Crippen molar-refractivity contribution in [3.63, 3.8) is 0 Å². The van der Waals surface area contributed by atoms with E-state index in [4.69, 9.17) is 4.74 Å². The van der Waals surface area contributed by atoms with Crippen LogP contribution in [0.3, 0.4) is 0 Å². The lowest BCUT2D eigenvalue weighted by Crippen LogP contribution is -2.27. The van der Waals surface area contributed by atoms with Crippen LogP contribution >= 0.6 is 0 Å². The molecule has 1 spiro atoms. The Morgan fingerprint density at radius 2 is 1.88 bits per heavy atom. The Labute approximate surface area is 97.7 Å². The fourth-order valence-electron chi connectivity index (χ4n) is 3.71. The van der Waals surface area contributed by atoms with Crippen LogP contribution in [0.4, 0.5) is 0 Å². The molecular formula is C14H22O2.